The Morgan fingerprint density at radius 1 is 1.25 bits per heavy atom. The number of oxime groups is 1. The number of nitrogens with two attached hydrogens (primary N) is 1. The zero-order valence-electron chi connectivity index (χ0n) is 9.23. The quantitative estimate of drug-likeness (QED) is 0.840. The van der Waals surface area contributed by atoms with E-state index in [9.17, 15) is 0 Å². The van der Waals surface area contributed by atoms with Crippen LogP contribution in [0.2, 0.25) is 0 Å². The second kappa shape index (κ2) is 3.91. The Labute approximate surface area is 95.3 Å². The fraction of sp³-hybridized carbons (Fsp3) is 0.462. The summed E-state index contributed by atoms with van der Waals surface area (Å²) in [6.45, 7) is 0.535. The molecule has 0 saturated heterocycles. The van der Waals surface area contributed by atoms with Crippen LogP contribution in [0.15, 0.2) is 29.4 Å². The molecule has 1 saturated carbocycles. The van der Waals surface area contributed by atoms with Crippen molar-refractivity contribution in [3.8, 4) is 0 Å². The molecule has 1 aromatic carbocycles. The lowest BCUT2D eigenvalue weighted by molar-refractivity contribution is 0.0918. The molecule has 1 fully saturated rings. The molecule has 0 amide bonds. The first kappa shape index (κ1) is 9.85. The average molecular weight is 216 g/mol. The lowest BCUT2D eigenvalue weighted by Gasteiger charge is -2.03. The van der Waals surface area contributed by atoms with E-state index in [2.05, 4.69) is 29.4 Å². The molecular formula is C13H16N2O. The molecule has 1 heterocycles. The van der Waals surface area contributed by atoms with Gasteiger partial charge in [-0.1, -0.05) is 29.4 Å². The minimum atomic E-state index is 0.0677. The van der Waals surface area contributed by atoms with Gasteiger partial charge in [-0.25, -0.2) is 0 Å². The molecule has 1 unspecified atom stereocenters. The van der Waals surface area contributed by atoms with Crippen molar-refractivity contribution in [2.75, 3.05) is 6.54 Å². The van der Waals surface area contributed by atoms with Gasteiger partial charge in [0.25, 0.3) is 0 Å². The molecule has 16 heavy (non-hydrogen) atoms. The summed E-state index contributed by atoms with van der Waals surface area (Å²) in [5.41, 5.74) is 9.20. The van der Waals surface area contributed by atoms with Crippen LogP contribution >= 0.6 is 0 Å². The van der Waals surface area contributed by atoms with Crippen LogP contribution < -0.4 is 5.73 Å². The Morgan fingerprint density at radius 2 is 2.00 bits per heavy atom. The first-order valence-electron chi connectivity index (χ1n) is 5.90. The lowest BCUT2D eigenvalue weighted by Crippen LogP contribution is -2.20. The molecule has 84 valence electrons. The summed E-state index contributed by atoms with van der Waals surface area (Å²) in [4.78, 5) is 5.22. The first-order chi connectivity index (χ1) is 7.86. The maximum atomic E-state index is 5.55. The largest absolute Gasteiger partial charge is 0.390 e. The van der Waals surface area contributed by atoms with Gasteiger partial charge >= 0.3 is 0 Å². The van der Waals surface area contributed by atoms with Gasteiger partial charge in [0.15, 0.2) is 0 Å². The third kappa shape index (κ3) is 1.83. The molecule has 3 rings (SSSR count). The molecule has 0 radical (unpaired) electrons. The second-order valence-corrected chi connectivity index (χ2v) is 4.60. The number of benzene rings is 1. The first-order valence-corrected chi connectivity index (χ1v) is 5.90. The normalized spacial score (nSPS) is 24.1. The van der Waals surface area contributed by atoms with E-state index in [4.69, 9.17) is 10.6 Å². The zero-order valence-corrected chi connectivity index (χ0v) is 9.23. The monoisotopic (exact) mass is 216 g/mol. The fourth-order valence-electron chi connectivity index (χ4n) is 2.09. The van der Waals surface area contributed by atoms with E-state index in [-0.39, 0.29) is 6.10 Å². The Hall–Kier alpha value is -1.35. The van der Waals surface area contributed by atoms with Crippen molar-refractivity contribution in [3.63, 3.8) is 0 Å². The van der Waals surface area contributed by atoms with Crippen LogP contribution in [0.25, 0.3) is 0 Å². The molecule has 3 heteroatoms. The summed E-state index contributed by atoms with van der Waals surface area (Å²) < 4.78 is 0. The second-order valence-electron chi connectivity index (χ2n) is 4.60. The Bertz CT molecular complexity index is 406. The summed E-state index contributed by atoms with van der Waals surface area (Å²) in [6, 6.07) is 8.72. The smallest absolute Gasteiger partial charge is 0.145 e. The lowest BCUT2D eigenvalue weighted by atomic mass is 10.0. The van der Waals surface area contributed by atoms with Crippen molar-refractivity contribution >= 4 is 5.71 Å². The Morgan fingerprint density at radius 3 is 2.56 bits per heavy atom. The van der Waals surface area contributed by atoms with E-state index in [0.29, 0.717) is 6.54 Å². The van der Waals surface area contributed by atoms with Crippen LogP contribution in [0, 0.1) is 0 Å². The molecule has 0 aromatic heterocycles. The van der Waals surface area contributed by atoms with Gasteiger partial charge in [0.2, 0.25) is 0 Å². The van der Waals surface area contributed by atoms with E-state index in [0.717, 1.165) is 18.1 Å². The van der Waals surface area contributed by atoms with E-state index >= 15 is 0 Å². The average Bonchev–Trinajstić information content (AvgIpc) is 3.07. The minimum absolute atomic E-state index is 0.0677. The highest BCUT2D eigenvalue weighted by molar-refractivity contribution is 6.01. The van der Waals surface area contributed by atoms with Crippen LogP contribution in [-0.2, 0) is 4.84 Å². The van der Waals surface area contributed by atoms with Gasteiger partial charge in [0.05, 0.1) is 5.71 Å². The summed E-state index contributed by atoms with van der Waals surface area (Å²) in [6.07, 6.45) is 3.59. The molecule has 1 aliphatic heterocycles. The highest BCUT2D eigenvalue weighted by Crippen LogP contribution is 2.40. The highest BCUT2D eigenvalue weighted by Gasteiger charge is 2.24. The third-order valence-electron chi connectivity index (χ3n) is 3.29. The predicted octanol–water partition coefficient (Wildman–Crippen LogP) is 2.02. The van der Waals surface area contributed by atoms with Gasteiger partial charge in [0, 0.05) is 13.0 Å². The number of rotatable bonds is 3. The van der Waals surface area contributed by atoms with Crippen molar-refractivity contribution in [3.05, 3.63) is 35.4 Å². The molecule has 2 aliphatic rings. The standard InChI is InChI=1S/C13H16N2O/c14-8-12-7-13(15-16-12)11-5-3-10(4-6-11)9-1-2-9/h3-6,9,12H,1-2,7-8,14H2. The predicted molar refractivity (Wildman–Crippen MR) is 63.5 cm³/mol. The number of nitrogens with zero attached hydrogens (tertiary/aromatic N) is 1. The molecule has 1 aliphatic carbocycles. The summed E-state index contributed by atoms with van der Waals surface area (Å²) in [5, 5.41) is 4.09. The highest BCUT2D eigenvalue weighted by atomic mass is 16.6. The van der Waals surface area contributed by atoms with Gasteiger partial charge in [-0.15, -0.1) is 0 Å². The molecule has 1 atom stereocenters. The third-order valence-corrected chi connectivity index (χ3v) is 3.29. The van der Waals surface area contributed by atoms with Crippen molar-refractivity contribution in [1.29, 1.82) is 0 Å². The molecule has 2 N–H and O–H groups in total. The Balaban J connectivity index is 1.74. The van der Waals surface area contributed by atoms with Crippen LogP contribution in [0.4, 0.5) is 0 Å². The number of hydrogen-bond acceptors (Lipinski definition) is 3. The van der Waals surface area contributed by atoms with Gasteiger partial charge < -0.3 is 10.6 Å². The van der Waals surface area contributed by atoms with Gasteiger partial charge in [-0.05, 0) is 29.9 Å². The number of hydrogen-bond donors (Lipinski definition) is 1. The zero-order chi connectivity index (χ0) is 11.0. The van der Waals surface area contributed by atoms with Crippen molar-refractivity contribution in [1.82, 2.24) is 0 Å². The van der Waals surface area contributed by atoms with Gasteiger partial charge in [-0.2, -0.15) is 0 Å². The van der Waals surface area contributed by atoms with E-state index < -0.39 is 0 Å². The van der Waals surface area contributed by atoms with E-state index in [1.54, 1.807) is 0 Å². The van der Waals surface area contributed by atoms with Gasteiger partial charge in [0.1, 0.15) is 6.10 Å². The minimum Gasteiger partial charge on any atom is -0.390 e. The van der Waals surface area contributed by atoms with Crippen molar-refractivity contribution in [2.24, 2.45) is 10.9 Å². The van der Waals surface area contributed by atoms with Crippen LogP contribution in [-0.4, -0.2) is 18.4 Å². The van der Waals surface area contributed by atoms with Crippen LogP contribution in [0.5, 0.6) is 0 Å². The maximum Gasteiger partial charge on any atom is 0.145 e. The summed E-state index contributed by atoms with van der Waals surface area (Å²) in [7, 11) is 0. The Kier molecular flexibility index (Phi) is 2.40. The summed E-state index contributed by atoms with van der Waals surface area (Å²) in [5.74, 6) is 0.813. The molecule has 0 spiro atoms. The SMILES string of the molecule is NCC1CC(c2ccc(C3CC3)cc2)=NO1. The fourth-order valence-corrected chi connectivity index (χ4v) is 2.09. The topological polar surface area (TPSA) is 47.6 Å². The van der Waals surface area contributed by atoms with Crippen LogP contribution in [0.3, 0.4) is 0 Å². The maximum absolute atomic E-state index is 5.55. The summed E-state index contributed by atoms with van der Waals surface area (Å²) >= 11 is 0. The van der Waals surface area contributed by atoms with Crippen molar-refractivity contribution < 1.29 is 4.84 Å². The molecule has 0 bridgehead atoms. The molecule has 1 aromatic rings. The molecular weight excluding hydrogens is 200 g/mol. The van der Waals surface area contributed by atoms with E-state index in [1.165, 1.54) is 24.0 Å². The van der Waals surface area contributed by atoms with E-state index in [1.807, 2.05) is 0 Å². The van der Waals surface area contributed by atoms with Gasteiger partial charge in [-0.3, -0.25) is 0 Å². The van der Waals surface area contributed by atoms with Crippen LogP contribution in [0.1, 0.15) is 36.3 Å². The van der Waals surface area contributed by atoms with Crippen molar-refractivity contribution in [2.45, 2.75) is 31.3 Å². The molecule has 3 nitrogen and oxygen atoms in total.